The molecule has 0 aliphatic carbocycles. The second-order valence-corrected chi connectivity index (χ2v) is 7.78. The molecule has 0 aliphatic heterocycles. The first-order chi connectivity index (χ1) is 18.1. The smallest absolute Gasteiger partial charge is 0.259 e. The van der Waals surface area contributed by atoms with E-state index < -0.39 is 5.91 Å². The van der Waals surface area contributed by atoms with E-state index in [1.807, 2.05) is 0 Å². The maximum absolute atomic E-state index is 13.1. The van der Waals surface area contributed by atoms with E-state index in [1.54, 1.807) is 60.7 Å². The average molecular weight is 490 g/mol. The highest BCUT2D eigenvalue weighted by Gasteiger charge is 2.20. The Morgan fingerprint density at radius 2 is 1.86 bits per heavy atom. The molecule has 1 amide bonds. The van der Waals surface area contributed by atoms with E-state index in [0.717, 1.165) is 0 Å². The number of hydrogen-bond donors (Lipinski definition) is 3. The fraction of sp³-hybridized carbons (Fsp3) is 0.0385. The molecule has 0 radical (unpaired) electrons. The van der Waals surface area contributed by atoms with Gasteiger partial charge in [0.1, 0.15) is 5.69 Å². The van der Waals surface area contributed by atoms with Crippen molar-refractivity contribution in [3.05, 3.63) is 102 Å². The molecule has 0 spiro atoms. The largest absolute Gasteiger partial charge is 0.505 e. The van der Waals surface area contributed by atoms with Gasteiger partial charge in [-0.2, -0.15) is 9.78 Å². The van der Waals surface area contributed by atoms with Gasteiger partial charge in [0.25, 0.3) is 17.5 Å². The van der Waals surface area contributed by atoms with Gasteiger partial charge in [-0.05, 0) is 35.2 Å². The van der Waals surface area contributed by atoms with Crippen LogP contribution < -0.4 is 5.32 Å². The fourth-order valence-corrected chi connectivity index (χ4v) is 3.69. The molecule has 5 rings (SSSR count). The van der Waals surface area contributed by atoms with Gasteiger partial charge < -0.3 is 15.5 Å². The van der Waals surface area contributed by atoms with Crippen LogP contribution in [-0.2, 0) is 6.61 Å². The summed E-state index contributed by atoms with van der Waals surface area (Å²) in [7, 11) is 0. The molecule has 3 aromatic carbocycles. The first-order valence-electron chi connectivity index (χ1n) is 11.0. The molecule has 2 aromatic heterocycles. The van der Waals surface area contributed by atoms with Gasteiger partial charge in [-0.15, -0.1) is 10.2 Å². The number of fused-ring (bicyclic) bond motifs is 1. The summed E-state index contributed by atoms with van der Waals surface area (Å²) in [4.78, 5) is 24.8. The van der Waals surface area contributed by atoms with E-state index >= 15 is 0 Å². The van der Waals surface area contributed by atoms with Crippen LogP contribution >= 0.6 is 0 Å². The molecule has 2 heterocycles. The summed E-state index contributed by atoms with van der Waals surface area (Å²) >= 11 is 0. The SMILES string of the molecule is [C-]#[N+]c1cnn(-c2ncccn2)c1/N=N/c1c(O)c(C(=O)Nc2cccc(CO)c2)cc2ccccc12. The number of aromatic hydroxyl groups is 1. The van der Waals surface area contributed by atoms with Crippen LogP contribution in [0.3, 0.4) is 0 Å². The average Bonchev–Trinajstić information content (AvgIpc) is 3.35. The van der Waals surface area contributed by atoms with Gasteiger partial charge in [-0.25, -0.2) is 14.8 Å². The van der Waals surface area contributed by atoms with Crippen LogP contribution in [0.2, 0.25) is 0 Å². The summed E-state index contributed by atoms with van der Waals surface area (Å²) in [6.45, 7) is 7.28. The number of nitrogens with zero attached hydrogens (tertiary/aromatic N) is 7. The number of hydrogen-bond acceptors (Lipinski definition) is 8. The van der Waals surface area contributed by atoms with Gasteiger partial charge in [-0.3, -0.25) is 4.79 Å². The minimum absolute atomic E-state index is 0.0210. The van der Waals surface area contributed by atoms with Gasteiger partial charge in [-0.1, -0.05) is 36.4 Å². The lowest BCUT2D eigenvalue weighted by molar-refractivity contribution is 0.102. The molecule has 3 N–H and O–H groups in total. The maximum Gasteiger partial charge on any atom is 0.259 e. The summed E-state index contributed by atoms with van der Waals surface area (Å²) in [6, 6.07) is 17.0. The van der Waals surface area contributed by atoms with Crippen LogP contribution in [0.5, 0.6) is 5.75 Å². The van der Waals surface area contributed by atoms with Crippen LogP contribution in [-0.4, -0.2) is 35.9 Å². The number of nitrogens with one attached hydrogen (secondary N) is 1. The first kappa shape index (κ1) is 23.3. The number of aliphatic hydroxyl groups is 1. The van der Waals surface area contributed by atoms with Crippen molar-refractivity contribution in [1.82, 2.24) is 19.7 Å². The Labute approximate surface area is 210 Å². The van der Waals surface area contributed by atoms with Crippen molar-refractivity contribution >= 4 is 39.6 Å². The highest BCUT2D eigenvalue weighted by Crippen LogP contribution is 2.40. The van der Waals surface area contributed by atoms with Gasteiger partial charge in [0, 0.05) is 23.5 Å². The number of azo groups is 1. The Kier molecular flexibility index (Phi) is 6.31. The van der Waals surface area contributed by atoms with Gasteiger partial charge >= 0.3 is 0 Å². The summed E-state index contributed by atoms with van der Waals surface area (Å²) in [5.74, 6) is -0.692. The lowest BCUT2D eigenvalue weighted by atomic mass is 10.0. The zero-order valence-electron chi connectivity index (χ0n) is 19.1. The molecular formula is C26H18N8O3. The van der Waals surface area contributed by atoms with E-state index in [4.69, 9.17) is 6.57 Å². The Balaban J connectivity index is 1.59. The molecule has 11 nitrogen and oxygen atoms in total. The molecule has 0 bridgehead atoms. The van der Waals surface area contributed by atoms with Gasteiger partial charge in [0.2, 0.25) is 0 Å². The summed E-state index contributed by atoms with van der Waals surface area (Å²) < 4.78 is 1.26. The van der Waals surface area contributed by atoms with Gasteiger partial charge in [0.15, 0.2) is 11.6 Å². The molecular weight excluding hydrogens is 472 g/mol. The highest BCUT2D eigenvalue weighted by molar-refractivity contribution is 6.11. The quantitative estimate of drug-likeness (QED) is 0.220. The molecule has 37 heavy (non-hydrogen) atoms. The number of aromatic nitrogens is 4. The maximum atomic E-state index is 13.1. The number of carbonyl (C=O) groups is 1. The van der Waals surface area contributed by atoms with Crippen molar-refractivity contribution in [2.75, 3.05) is 5.32 Å². The molecule has 180 valence electrons. The standard InChI is InChI=1S/C26H18N8O3/c1-27-21-14-30-34(26-28-10-5-11-29-26)24(21)33-32-22-19-9-3-2-7-17(19)13-20(23(22)36)25(37)31-18-8-4-6-16(12-18)15-35/h2-14,35-36H,15H2,(H,31,37)/b33-32+. The van der Waals surface area contributed by atoms with E-state index in [-0.39, 0.29) is 41.1 Å². The zero-order valence-corrected chi connectivity index (χ0v) is 19.1. The third kappa shape index (κ3) is 4.60. The Morgan fingerprint density at radius 3 is 2.65 bits per heavy atom. The predicted octanol–water partition coefficient (Wildman–Crippen LogP) is 5.23. The number of carbonyl (C=O) groups excluding carboxylic acids is 1. The third-order valence-corrected chi connectivity index (χ3v) is 5.44. The van der Waals surface area contributed by atoms with Crippen molar-refractivity contribution < 1.29 is 15.0 Å². The number of rotatable bonds is 6. The van der Waals surface area contributed by atoms with Crippen LogP contribution in [0.25, 0.3) is 21.6 Å². The molecule has 11 heteroatoms. The second kappa shape index (κ2) is 10.0. The number of phenolic OH excluding ortho intramolecular Hbond substituents is 1. The number of amides is 1. The minimum atomic E-state index is -0.570. The third-order valence-electron chi connectivity index (χ3n) is 5.44. The lowest BCUT2D eigenvalue weighted by Crippen LogP contribution is -2.12. The van der Waals surface area contributed by atoms with Crippen molar-refractivity contribution in [3.8, 4) is 11.7 Å². The second-order valence-electron chi connectivity index (χ2n) is 7.78. The molecule has 0 saturated carbocycles. The van der Waals surface area contributed by atoms with Crippen LogP contribution in [0, 0.1) is 6.57 Å². The Morgan fingerprint density at radius 1 is 1.05 bits per heavy atom. The van der Waals surface area contributed by atoms with E-state index in [1.165, 1.54) is 23.3 Å². The Hall–Kier alpha value is -5.47. The molecule has 0 unspecified atom stereocenters. The number of phenols is 1. The van der Waals surface area contributed by atoms with Crippen molar-refractivity contribution in [1.29, 1.82) is 0 Å². The lowest BCUT2D eigenvalue weighted by Gasteiger charge is -2.11. The van der Waals surface area contributed by atoms with Crippen LogP contribution in [0.4, 0.5) is 22.9 Å². The molecule has 0 atom stereocenters. The highest BCUT2D eigenvalue weighted by atomic mass is 16.3. The monoisotopic (exact) mass is 490 g/mol. The van der Waals surface area contributed by atoms with Gasteiger partial charge in [0.05, 0.1) is 24.9 Å². The van der Waals surface area contributed by atoms with E-state index in [9.17, 15) is 15.0 Å². The number of aliphatic hydroxyl groups excluding tert-OH is 1. The predicted molar refractivity (Wildman–Crippen MR) is 136 cm³/mol. The molecule has 0 fully saturated rings. The molecule has 0 aliphatic rings. The van der Waals surface area contributed by atoms with E-state index in [2.05, 4.69) is 35.5 Å². The molecule has 0 saturated heterocycles. The van der Waals surface area contributed by atoms with Crippen molar-refractivity contribution in [2.24, 2.45) is 10.2 Å². The first-order valence-corrected chi connectivity index (χ1v) is 11.0. The van der Waals surface area contributed by atoms with Crippen molar-refractivity contribution in [2.45, 2.75) is 6.61 Å². The van der Waals surface area contributed by atoms with Crippen molar-refractivity contribution in [3.63, 3.8) is 0 Å². The summed E-state index contributed by atoms with van der Waals surface area (Å²) in [5, 5.41) is 37.0. The number of anilines is 1. The Bertz CT molecular complexity index is 1690. The fourth-order valence-electron chi connectivity index (χ4n) is 3.69. The molecule has 5 aromatic rings. The zero-order chi connectivity index (χ0) is 25.8. The number of benzene rings is 3. The summed E-state index contributed by atoms with van der Waals surface area (Å²) in [5.41, 5.74) is 1.22. The van der Waals surface area contributed by atoms with Crippen LogP contribution in [0.15, 0.2) is 89.5 Å². The normalized spacial score (nSPS) is 11.0. The van der Waals surface area contributed by atoms with Crippen LogP contribution in [0.1, 0.15) is 15.9 Å². The minimum Gasteiger partial charge on any atom is -0.505 e. The van der Waals surface area contributed by atoms with E-state index in [0.29, 0.717) is 22.0 Å². The summed E-state index contributed by atoms with van der Waals surface area (Å²) in [6.07, 6.45) is 4.38. The topological polar surface area (TPSA) is 142 Å².